The zero-order chi connectivity index (χ0) is 18.4. The van der Waals surface area contributed by atoms with Gasteiger partial charge in [0.2, 0.25) is 5.91 Å². The van der Waals surface area contributed by atoms with Crippen LogP contribution in [0.5, 0.6) is 5.75 Å². The van der Waals surface area contributed by atoms with Crippen LogP contribution in [0.15, 0.2) is 33.9 Å². The first-order valence-electron chi connectivity index (χ1n) is 7.34. The van der Waals surface area contributed by atoms with Crippen molar-refractivity contribution in [3.8, 4) is 5.75 Å². The molecule has 0 aliphatic rings. The van der Waals surface area contributed by atoms with Crippen LogP contribution in [0, 0.1) is 5.82 Å². The number of hydrogen-bond acceptors (Lipinski definition) is 7. The van der Waals surface area contributed by atoms with E-state index in [1.807, 2.05) is 0 Å². The predicted molar refractivity (Wildman–Crippen MR) is 87.7 cm³/mol. The second-order valence-corrected chi connectivity index (χ2v) is 6.24. The fraction of sp³-hybridized carbons (Fsp3) is 0.333. The van der Waals surface area contributed by atoms with Gasteiger partial charge in [-0.3, -0.25) is 10.1 Å². The van der Waals surface area contributed by atoms with Crippen molar-refractivity contribution in [2.75, 3.05) is 7.05 Å². The van der Waals surface area contributed by atoms with E-state index in [1.165, 1.54) is 31.3 Å². The summed E-state index contributed by atoms with van der Waals surface area (Å²) in [6, 6.07) is 4.95. The van der Waals surface area contributed by atoms with E-state index in [1.54, 1.807) is 13.8 Å². The van der Waals surface area contributed by atoms with Crippen molar-refractivity contribution in [1.82, 2.24) is 20.8 Å². The Morgan fingerprint density at radius 2 is 1.92 bits per heavy atom. The number of carbonyl (C=O) groups is 2. The van der Waals surface area contributed by atoms with Gasteiger partial charge in [0.1, 0.15) is 11.6 Å². The van der Waals surface area contributed by atoms with Crippen molar-refractivity contribution >= 4 is 23.7 Å². The SMILES string of the molecule is CNC(=O)NC(=O)[C@@H](C)Sc1nnc([C@@H](C)Oc2ccc(F)cc2)o1. The van der Waals surface area contributed by atoms with Gasteiger partial charge in [0.05, 0.1) is 5.25 Å². The normalized spacial score (nSPS) is 13.0. The highest BCUT2D eigenvalue weighted by Crippen LogP contribution is 2.26. The summed E-state index contributed by atoms with van der Waals surface area (Å²) < 4.78 is 23.9. The number of thioether (sulfide) groups is 1. The van der Waals surface area contributed by atoms with Crippen molar-refractivity contribution in [3.05, 3.63) is 36.0 Å². The molecule has 0 radical (unpaired) electrons. The van der Waals surface area contributed by atoms with E-state index >= 15 is 0 Å². The van der Waals surface area contributed by atoms with Crippen LogP contribution in [0.2, 0.25) is 0 Å². The quantitative estimate of drug-likeness (QED) is 0.753. The second kappa shape index (κ2) is 8.47. The molecule has 1 heterocycles. The lowest BCUT2D eigenvalue weighted by atomic mass is 10.3. The largest absolute Gasteiger partial charge is 0.481 e. The monoisotopic (exact) mass is 368 g/mol. The topological polar surface area (TPSA) is 106 Å². The molecule has 134 valence electrons. The van der Waals surface area contributed by atoms with E-state index in [2.05, 4.69) is 20.8 Å². The summed E-state index contributed by atoms with van der Waals surface area (Å²) in [5, 5.41) is 11.7. The number of carbonyl (C=O) groups excluding carboxylic acids is 2. The molecule has 2 rings (SSSR count). The summed E-state index contributed by atoms with van der Waals surface area (Å²) in [4.78, 5) is 22.9. The Bertz CT molecular complexity index is 737. The summed E-state index contributed by atoms with van der Waals surface area (Å²) in [5.74, 6) is -0.175. The molecule has 2 atom stereocenters. The Labute approximate surface area is 147 Å². The number of urea groups is 1. The average Bonchev–Trinajstić information content (AvgIpc) is 3.05. The number of nitrogens with zero attached hydrogens (tertiary/aromatic N) is 2. The van der Waals surface area contributed by atoms with Gasteiger partial charge in [-0.25, -0.2) is 9.18 Å². The van der Waals surface area contributed by atoms with Crippen LogP contribution >= 0.6 is 11.8 Å². The van der Waals surface area contributed by atoms with Crippen LogP contribution < -0.4 is 15.4 Å². The molecular weight excluding hydrogens is 351 g/mol. The molecule has 25 heavy (non-hydrogen) atoms. The summed E-state index contributed by atoms with van der Waals surface area (Å²) >= 11 is 1.01. The first kappa shape index (κ1) is 18.7. The molecule has 0 fully saturated rings. The van der Waals surface area contributed by atoms with Crippen LogP contribution in [0.1, 0.15) is 25.8 Å². The van der Waals surface area contributed by atoms with Crippen molar-refractivity contribution in [1.29, 1.82) is 0 Å². The molecule has 0 bridgehead atoms. The lowest BCUT2D eigenvalue weighted by molar-refractivity contribution is -0.119. The molecule has 1 aromatic carbocycles. The van der Waals surface area contributed by atoms with Crippen molar-refractivity contribution < 1.29 is 23.1 Å². The number of nitrogens with one attached hydrogen (secondary N) is 2. The van der Waals surface area contributed by atoms with Gasteiger partial charge in [0.15, 0.2) is 6.10 Å². The Balaban J connectivity index is 1.93. The third-order valence-electron chi connectivity index (χ3n) is 3.01. The maximum atomic E-state index is 12.9. The summed E-state index contributed by atoms with van der Waals surface area (Å²) in [7, 11) is 1.41. The molecule has 0 saturated carbocycles. The first-order valence-corrected chi connectivity index (χ1v) is 8.22. The van der Waals surface area contributed by atoms with E-state index in [9.17, 15) is 14.0 Å². The summed E-state index contributed by atoms with van der Waals surface area (Å²) in [6.45, 7) is 3.30. The minimum atomic E-state index is -0.612. The molecule has 3 amide bonds. The Hall–Kier alpha value is -2.62. The average molecular weight is 368 g/mol. The molecule has 8 nitrogen and oxygen atoms in total. The number of benzene rings is 1. The fourth-order valence-corrected chi connectivity index (χ4v) is 2.37. The van der Waals surface area contributed by atoms with E-state index < -0.39 is 23.3 Å². The van der Waals surface area contributed by atoms with Gasteiger partial charge in [-0.1, -0.05) is 11.8 Å². The van der Waals surface area contributed by atoms with Gasteiger partial charge >= 0.3 is 6.03 Å². The van der Waals surface area contributed by atoms with Gasteiger partial charge < -0.3 is 14.5 Å². The number of ether oxygens (including phenoxy) is 1. The molecule has 1 aromatic heterocycles. The van der Waals surface area contributed by atoms with Crippen LogP contribution in [0.25, 0.3) is 0 Å². The highest BCUT2D eigenvalue weighted by molar-refractivity contribution is 8.00. The molecule has 2 N–H and O–H groups in total. The third kappa shape index (κ3) is 5.45. The molecule has 2 aromatic rings. The number of rotatable bonds is 6. The van der Waals surface area contributed by atoms with E-state index in [-0.39, 0.29) is 16.9 Å². The highest BCUT2D eigenvalue weighted by Gasteiger charge is 2.21. The van der Waals surface area contributed by atoms with Crippen molar-refractivity contribution in [3.63, 3.8) is 0 Å². The molecule has 0 saturated heterocycles. The maximum absolute atomic E-state index is 12.9. The van der Waals surface area contributed by atoms with Crippen molar-refractivity contribution in [2.45, 2.75) is 30.4 Å². The third-order valence-corrected chi connectivity index (χ3v) is 3.94. The van der Waals surface area contributed by atoms with E-state index in [0.29, 0.717) is 5.75 Å². The van der Waals surface area contributed by atoms with Crippen LogP contribution in [0.4, 0.5) is 9.18 Å². The van der Waals surface area contributed by atoms with E-state index in [4.69, 9.17) is 9.15 Å². The van der Waals surface area contributed by atoms with Gasteiger partial charge in [-0.05, 0) is 38.1 Å². The molecule has 0 spiro atoms. The fourth-order valence-electron chi connectivity index (χ4n) is 1.68. The first-order chi connectivity index (χ1) is 11.9. The maximum Gasteiger partial charge on any atom is 0.321 e. The van der Waals surface area contributed by atoms with Crippen molar-refractivity contribution in [2.24, 2.45) is 0 Å². The van der Waals surface area contributed by atoms with Gasteiger partial charge in [0, 0.05) is 7.05 Å². The van der Waals surface area contributed by atoms with Gasteiger partial charge in [0.25, 0.3) is 11.1 Å². The zero-order valence-corrected chi connectivity index (χ0v) is 14.6. The Kier molecular flexibility index (Phi) is 6.34. The predicted octanol–water partition coefficient (Wildman–Crippen LogP) is 2.28. The Morgan fingerprint density at radius 1 is 1.24 bits per heavy atom. The van der Waals surface area contributed by atoms with Gasteiger partial charge in [-0.15, -0.1) is 10.2 Å². The number of halogens is 1. The lowest BCUT2D eigenvalue weighted by Crippen LogP contribution is -2.41. The van der Waals surface area contributed by atoms with Crippen LogP contribution in [0.3, 0.4) is 0 Å². The number of imide groups is 1. The van der Waals surface area contributed by atoms with E-state index in [0.717, 1.165) is 11.8 Å². The summed E-state index contributed by atoms with van der Waals surface area (Å²) in [6.07, 6.45) is -0.553. The second-order valence-electron chi connectivity index (χ2n) is 4.95. The standard InChI is InChI=1S/C15H17FN4O4S/c1-8(23-11-6-4-10(16)5-7-11)13-19-20-15(24-13)25-9(2)12(21)18-14(22)17-3/h4-9H,1-3H3,(H2,17,18,21,22)/t8-,9-/m1/s1. The molecule has 10 heteroatoms. The van der Waals surface area contributed by atoms with Crippen LogP contribution in [-0.2, 0) is 4.79 Å². The molecule has 0 aliphatic carbocycles. The number of aromatic nitrogens is 2. The zero-order valence-electron chi connectivity index (χ0n) is 13.8. The number of amides is 3. The number of hydrogen-bond donors (Lipinski definition) is 2. The Morgan fingerprint density at radius 3 is 2.56 bits per heavy atom. The minimum absolute atomic E-state index is 0.170. The summed E-state index contributed by atoms with van der Waals surface area (Å²) in [5.41, 5.74) is 0. The van der Waals surface area contributed by atoms with Crippen LogP contribution in [-0.4, -0.2) is 34.4 Å². The minimum Gasteiger partial charge on any atom is -0.481 e. The highest BCUT2D eigenvalue weighted by atomic mass is 32.2. The molecule has 0 unspecified atom stereocenters. The lowest BCUT2D eigenvalue weighted by Gasteiger charge is -2.10. The molecule has 0 aliphatic heterocycles. The van der Waals surface area contributed by atoms with Gasteiger partial charge in [-0.2, -0.15) is 0 Å². The molecular formula is C15H17FN4O4S. The smallest absolute Gasteiger partial charge is 0.321 e.